The fourth-order valence-electron chi connectivity index (χ4n) is 0.775. The topological polar surface area (TPSA) is 29.1 Å². The summed E-state index contributed by atoms with van der Waals surface area (Å²) in [6.07, 6.45) is 0. The highest BCUT2D eigenvalue weighted by Crippen LogP contribution is 2.09. The van der Waals surface area contributed by atoms with Gasteiger partial charge >= 0.3 is 0 Å². The van der Waals surface area contributed by atoms with Gasteiger partial charge in [-0.3, -0.25) is 4.79 Å². The molecule has 0 unspecified atom stereocenters. The van der Waals surface area contributed by atoms with Crippen molar-refractivity contribution < 1.29 is 9.18 Å². The molecule has 0 heterocycles. The second-order valence-electron chi connectivity index (χ2n) is 2.61. The number of benzene rings is 1. The van der Waals surface area contributed by atoms with Crippen LogP contribution >= 0.6 is 11.6 Å². The van der Waals surface area contributed by atoms with Crippen LogP contribution in [0.5, 0.6) is 0 Å². The van der Waals surface area contributed by atoms with E-state index in [-0.39, 0.29) is 11.7 Å². The minimum atomic E-state index is -0.593. The molecule has 2 nitrogen and oxygen atoms in total. The zero-order chi connectivity index (χ0) is 9.84. The molecule has 0 fully saturated rings. The Bertz CT molecular complexity index is 297. The number of halogens is 2. The third-order valence-electron chi connectivity index (χ3n) is 1.47. The molecule has 1 rings (SSSR count). The van der Waals surface area contributed by atoms with Crippen LogP contribution in [0, 0.1) is 5.82 Å². The van der Waals surface area contributed by atoms with Gasteiger partial charge < -0.3 is 5.32 Å². The van der Waals surface area contributed by atoms with E-state index >= 15 is 0 Å². The van der Waals surface area contributed by atoms with Crippen molar-refractivity contribution in [2.24, 2.45) is 0 Å². The summed E-state index contributed by atoms with van der Waals surface area (Å²) in [7, 11) is 0. The number of alkyl halides is 1. The monoisotopic (exact) mass is 201 g/mol. The van der Waals surface area contributed by atoms with Crippen molar-refractivity contribution in [3.63, 3.8) is 0 Å². The Kier molecular flexibility index (Phi) is 3.25. The van der Waals surface area contributed by atoms with E-state index in [0.717, 1.165) is 0 Å². The molecule has 70 valence electrons. The third-order valence-corrected chi connectivity index (χ3v) is 1.67. The van der Waals surface area contributed by atoms with Crippen LogP contribution in [0.15, 0.2) is 24.3 Å². The van der Waals surface area contributed by atoms with Crippen molar-refractivity contribution in [3.05, 3.63) is 30.1 Å². The molecule has 0 spiro atoms. The van der Waals surface area contributed by atoms with Gasteiger partial charge in [0.05, 0.1) is 0 Å². The van der Waals surface area contributed by atoms with Crippen LogP contribution in [0.25, 0.3) is 0 Å². The first-order chi connectivity index (χ1) is 6.09. The normalized spacial score (nSPS) is 12.2. The number of anilines is 1. The van der Waals surface area contributed by atoms with Crippen LogP contribution in [0.1, 0.15) is 6.92 Å². The Balaban J connectivity index is 2.65. The minimum Gasteiger partial charge on any atom is -0.325 e. The highest BCUT2D eigenvalue weighted by Gasteiger charge is 2.08. The third kappa shape index (κ3) is 3.03. The summed E-state index contributed by atoms with van der Waals surface area (Å²) < 4.78 is 12.4. The summed E-state index contributed by atoms with van der Waals surface area (Å²) >= 11 is 5.52. The molecule has 1 atom stereocenters. The summed E-state index contributed by atoms with van der Waals surface area (Å²) in [5.41, 5.74) is 0.541. The van der Waals surface area contributed by atoms with E-state index in [9.17, 15) is 9.18 Å². The average Bonchev–Trinajstić information content (AvgIpc) is 2.08. The SMILES string of the molecule is C[C@H](Cl)C(=O)Nc1ccc(F)cc1. The summed E-state index contributed by atoms with van der Waals surface area (Å²) in [5.74, 6) is -0.634. The van der Waals surface area contributed by atoms with Gasteiger partial charge in [0, 0.05) is 5.69 Å². The van der Waals surface area contributed by atoms with E-state index in [1.165, 1.54) is 24.3 Å². The zero-order valence-electron chi connectivity index (χ0n) is 7.05. The van der Waals surface area contributed by atoms with E-state index < -0.39 is 5.38 Å². The van der Waals surface area contributed by atoms with Gasteiger partial charge in [-0.2, -0.15) is 0 Å². The van der Waals surface area contributed by atoms with Gasteiger partial charge in [-0.15, -0.1) is 11.6 Å². The fourth-order valence-corrected chi connectivity index (χ4v) is 0.829. The molecule has 1 N–H and O–H groups in total. The Morgan fingerprint density at radius 1 is 1.46 bits per heavy atom. The van der Waals surface area contributed by atoms with Gasteiger partial charge in [-0.25, -0.2) is 4.39 Å². The van der Waals surface area contributed by atoms with Gasteiger partial charge in [0.25, 0.3) is 0 Å². The van der Waals surface area contributed by atoms with Gasteiger partial charge in [0.15, 0.2) is 0 Å². The summed E-state index contributed by atoms with van der Waals surface area (Å²) in [4.78, 5) is 11.1. The highest BCUT2D eigenvalue weighted by atomic mass is 35.5. The highest BCUT2D eigenvalue weighted by molar-refractivity contribution is 6.32. The smallest absolute Gasteiger partial charge is 0.242 e. The van der Waals surface area contributed by atoms with Crippen molar-refractivity contribution in [2.45, 2.75) is 12.3 Å². The van der Waals surface area contributed by atoms with Crippen LogP contribution in [-0.4, -0.2) is 11.3 Å². The summed E-state index contributed by atoms with van der Waals surface area (Å²) in [6, 6.07) is 5.50. The van der Waals surface area contributed by atoms with Crippen molar-refractivity contribution in [3.8, 4) is 0 Å². The quantitative estimate of drug-likeness (QED) is 0.732. The van der Waals surface area contributed by atoms with Crippen molar-refractivity contribution in [2.75, 3.05) is 5.32 Å². The van der Waals surface area contributed by atoms with Crippen LogP contribution in [0.2, 0.25) is 0 Å². The van der Waals surface area contributed by atoms with E-state index in [1.54, 1.807) is 6.92 Å². The Labute approximate surface area is 80.7 Å². The molecular weight excluding hydrogens is 193 g/mol. The van der Waals surface area contributed by atoms with Crippen LogP contribution in [0.4, 0.5) is 10.1 Å². The molecule has 0 aliphatic rings. The number of hydrogen-bond donors (Lipinski definition) is 1. The first-order valence-corrected chi connectivity index (χ1v) is 4.24. The Morgan fingerprint density at radius 3 is 2.46 bits per heavy atom. The molecule has 0 aliphatic heterocycles. The van der Waals surface area contributed by atoms with E-state index in [4.69, 9.17) is 11.6 Å². The minimum absolute atomic E-state index is 0.298. The predicted octanol–water partition coefficient (Wildman–Crippen LogP) is 2.39. The largest absolute Gasteiger partial charge is 0.325 e. The van der Waals surface area contributed by atoms with Gasteiger partial charge in [-0.1, -0.05) is 0 Å². The molecule has 0 saturated carbocycles. The average molecular weight is 202 g/mol. The molecule has 1 aromatic carbocycles. The molecule has 1 amide bonds. The van der Waals surface area contributed by atoms with E-state index in [1.807, 2.05) is 0 Å². The number of carbonyl (C=O) groups is 1. The van der Waals surface area contributed by atoms with Gasteiger partial charge in [0.2, 0.25) is 5.91 Å². The number of amides is 1. The molecule has 4 heteroatoms. The standard InChI is InChI=1S/C9H9ClFNO/c1-6(10)9(13)12-8-4-2-7(11)3-5-8/h2-6H,1H3,(H,12,13)/t6-/m0/s1. The van der Waals surface area contributed by atoms with E-state index in [0.29, 0.717) is 5.69 Å². The number of nitrogens with one attached hydrogen (secondary N) is 1. The number of carbonyl (C=O) groups excluding carboxylic acids is 1. The summed E-state index contributed by atoms with van der Waals surface area (Å²) in [6.45, 7) is 1.57. The molecule has 0 aromatic heterocycles. The molecule has 0 radical (unpaired) electrons. The van der Waals surface area contributed by atoms with Crippen molar-refractivity contribution >= 4 is 23.2 Å². The van der Waals surface area contributed by atoms with Crippen LogP contribution < -0.4 is 5.32 Å². The molecule has 0 saturated heterocycles. The first-order valence-electron chi connectivity index (χ1n) is 3.80. The maximum Gasteiger partial charge on any atom is 0.242 e. The Hall–Kier alpha value is -1.09. The van der Waals surface area contributed by atoms with Crippen LogP contribution in [-0.2, 0) is 4.79 Å². The lowest BCUT2D eigenvalue weighted by Gasteiger charge is -2.05. The second-order valence-corrected chi connectivity index (χ2v) is 3.27. The Morgan fingerprint density at radius 2 is 2.00 bits per heavy atom. The molecule has 0 aliphatic carbocycles. The van der Waals surface area contributed by atoms with Gasteiger partial charge in [-0.05, 0) is 31.2 Å². The summed E-state index contributed by atoms with van der Waals surface area (Å²) in [5, 5.41) is 1.94. The van der Waals surface area contributed by atoms with Crippen LogP contribution in [0.3, 0.4) is 0 Å². The molecule has 13 heavy (non-hydrogen) atoms. The van der Waals surface area contributed by atoms with Gasteiger partial charge in [0.1, 0.15) is 11.2 Å². The lowest BCUT2D eigenvalue weighted by atomic mass is 10.3. The second kappa shape index (κ2) is 4.23. The first kappa shape index (κ1) is 9.99. The predicted molar refractivity (Wildman–Crippen MR) is 50.3 cm³/mol. The molecule has 0 bridgehead atoms. The maximum absolute atomic E-state index is 12.4. The molecular formula is C9H9ClFNO. The lowest BCUT2D eigenvalue weighted by Crippen LogP contribution is -2.20. The zero-order valence-corrected chi connectivity index (χ0v) is 7.81. The lowest BCUT2D eigenvalue weighted by molar-refractivity contribution is -0.115. The maximum atomic E-state index is 12.4. The molecule has 1 aromatic rings. The van der Waals surface area contributed by atoms with E-state index in [2.05, 4.69) is 5.32 Å². The number of hydrogen-bond acceptors (Lipinski definition) is 1. The van der Waals surface area contributed by atoms with Crippen molar-refractivity contribution in [1.29, 1.82) is 0 Å². The van der Waals surface area contributed by atoms with Crippen molar-refractivity contribution in [1.82, 2.24) is 0 Å². The fraction of sp³-hybridized carbons (Fsp3) is 0.222. The number of rotatable bonds is 2.